The third-order valence-electron chi connectivity index (χ3n) is 1.70. The van der Waals surface area contributed by atoms with Crippen molar-refractivity contribution in [3.05, 3.63) is 38.7 Å². The number of nitroso groups, excluding NO2 is 1. The highest BCUT2D eigenvalue weighted by atomic mass is 16.3. The van der Waals surface area contributed by atoms with E-state index in [9.17, 15) is 9.70 Å². The molecule has 1 aromatic rings. The van der Waals surface area contributed by atoms with Crippen LogP contribution in [0.25, 0.3) is 0 Å². The van der Waals surface area contributed by atoms with Crippen LogP contribution in [0.1, 0.15) is 24.2 Å². The molecule has 12 heavy (non-hydrogen) atoms. The fraction of sp³-hybridized carbons (Fsp3) is 0.375. The molecule has 4 nitrogen and oxygen atoms in total. The molecule has 0 aliphatic carbocycles. The van der Waals surface area contributed by atoms with Gasteiger partial charge in [0.05, 0.1) is 0 Å². The number of aromatic amines is 1. The Kier molecular flexibility index (Phi) is 2.38. The van der Waals surface area contributed by atoms with Crippen molar-refractivity contribution in [2.45, 2.75) is 19.9 Å². The van der Waals surface area contributed by atoms with E-state index < -0.39 is 6.04 Å². The second kappa shape index (κ2) is 3.30. The van der Waals surface area contributed by atoms with Crippen molar-refractivity contribution in [1.29, 1.82) is 0 Å². The molecule has 0 aliphatic rings. The first-order valence-electron chi connectivity index (χ1n) is 3.67. The van der Waals surface area contributed by atoms with E-state index in [0.717, 1.165) is 5.69 Å². The van der Waals surface area contributed by atoms with Crippen LogP contribution in [0.2, 0.25) is 0 Å². The summed E-state index contributed by atoms with van der Waals surface area (Å²) in [5, 5.41) is 2.78. The Morgan fingerprint density at radius 3 is 2.75 bits per heavy atom. The van der Waals surface area contributed by atoms with Gasteiger partial charge in [-0.1, -0.05) is 5.18 Å². The van der Waals surface area contributed by atoms with E-state index >= 15 is 0 Å². The van der Waals surface area contributed by atoms with Crippen LogP contribution in [-0.2, 0) is 0 Å². The minimum atomic E-state index is -0.575. The lowest BCUT2D eigenvalue weighted by atomic mass is 10.1. The van der Waals surface area contributed by atoms with Gasteiger partial charge < -0.3 is 4.98 Å². The minimum absolute atomic E-state index is 0.140. The number of aromatic nitrogens is 1. The van der Waals surface area contributed by atoms with Gasteiger partial charge in [-0.15, -0.1) is 0 Å². The number of H-pyrrole nitrogens is 1. The summed E-state index contributed by atoms with van der Waals surface area (Å²) in [6.45, 7) is 3.37. The van der Waals surface area contributed by atoms with Gasteiger partial charge in [0.2, 0.25) is 0 Å². The van der Waals surface area contributed by atoms with E-state index in [1.54, 1.807) is 13.8 Å². The van der Waals surface area contributed by atoms with Gasteiger partial charge in [-0.05, 0) is 13.8 Å². The van der Waals surface area contributed by atoms with Gasteiger partial charge in [0.1, 0.15) is 6.04 Å². The van der Waals surface area contributed by atoms with Crippen LogP contribution < -0.4 is 5.43 Å². The maximum atomic E-state index is 11.2. The van der Waals surface area contributed by atoms with Crippen molar-refractivity contribution in [3.8, 4) is 0 Å². The zero-order chi connectivity index (χ0) is 9.14. The average Bonchev–Trinajstić information content (AvgIpc) is 2.03. The van der Waals surface area contributed by atoms with Crippen molar-refractivity contribution in [2.75, 3.05) is 0 Å². The van der Waals surface area contributed by atoms with Crippen LogP contribution in [0.4, 0.5) is 0 Å². The van der Waals surface area contributed by atoms with E-state index in [-0.39, 0.29) is 5.43 Å². The van der Waals surface area contributed by atoms with Crippen LogP contribution in [0, 0.1) is 11.8 Å². The third-order valence-corrected chi connectivity index (χ3v) is 1.70. The van der Waals surface area contributed by atoms with Crippen molar-refractivity contribution in [2.24, 2.45) is 5.18 Å². The molecule has 1 unspecified atom stereocenters. The van der Waals surface area contributed by atoms with Crippen LogP contribution in [0.3, 0.4) is 0 Å². The van der Waals surface area contributed by atoms with E-state index in [1.807, 2.05) is 0 Å². The number of pyridine rings is 1. The molecule has 0 saturated heterocycles. The predicted octanol–water partition coefficient (Wildman–Crippen LogP) is 1.51. The van der Waals surface area contributed by atoms with Gasteiger partial charge in [-0.25, -0.2) is 0 Å². The third kappa shape index (κ3) is 1.58. The molecule has 1 atom stereocenters. The van der Waals surface area contributed by atoms with Crippen LogP contribution >= 0.6 is 0 Å². The Morgan fingerprint density at radius 2 is 2.25 bits per heavy atom. The molecular formula is C8H10N2O2. The lowest BCUT2D eigenvalue weighted by Crippen LogP contribution is -2.10. The van der Waals surface area contributed by atoms with Crippen molar-refractivity contribution >= 4 is 0 Å². The number of hydrogen-bond donors (Lipinski definition) is 1. The average molecular weight is 166 g/mol. The minimum Gasteiger partial charge on any atom is -0.365 e. The van der Waals surface area contributed by atoms with Gasteiger partial charge in [-0.2, -0.15) is 4.91 Å². The Bertz CT molecular complexity index is 343. The number of nitrogens with one attached hydrogen (secondary N) is 1. The van der Waals surface area contributed by atoms with Crippen LogP contribution in [0.15, 0.2) is 22.2 Å². The predicted molar refractivity (Wildman–Crippen MR) is 46.0 cm³/mol. The summed E-state index contributed by atoms with van der Waals surface area (Å²) in [5.74, 6) is 0. The lowest BCUT2D eigenvalue weighted by molar-refractivity contribution is 0.795. The van der Waals surface area contributed by atoms with Gasteiger partial charge >= 0.3 is 0 Å². The summed E-state index contributed by atoms with van der Waals surface area (Å²) < 4.78 is 0. The highest BCUT2D eigenvalue weighted by molar-refractivity contribution is 5.16. The second-order valence-corrected chi connectivity index (χ2v) is 2.72. The smallest absolute Gasteiger partial charge is 0.187 e. The summed E-state index contributed by atoms with van der Waals surface area (Å²) in [5.41, 5.74) is 1.05. The molecule has 0 fully saturated rings. The SMILES string of the molecule is Cc1cc(=O)c(C(C)N=O)c[nH]1. The van der Waals surface area contributed by atoms with E-state index in [2.05, 4.69) is 10.2 Å². The highest BCUT2D eigenvalue weighted by Crippen LogP contribution is 2.10. The zero-order valence-electron chi connectivity index (χ0n) is 7.00. The first-order valence-corrected chi connectivity index (χ1v) is 3.67. The normalized spacial score (nSPS) is 12.5. The molecule has 1 N–H and O–H groups in total. The first kappa shape index (κ1) is 8.64. The molecule has 0 amide bonds. The molecule has 0 saturated carbocycles. The Morgan fingerprint density at radius 1 is 1.58 bits per heavy atom. The Balaban J connectivity index is 3.18. The zero-order valence-corrected chi connectivity index (χ0v) is 7.00. The molecular weight excluding hydrogens is 156 g/mol. The van der Waals surface area contributed by atoms with Gasteiger partial charge in [-0.3, -0.25) is 4.79 Å². The van der Waals surface area contributed by atoms with E-state index in [4.69, 9.17) is 0 Å². The molecule has 1 aromatic heterocycles. The van der Waals surface area contributed by atoms with Gasteiger partial charge in [0, 0.05) is 23.5 Å². The Hall–Kier alpha value is -1.45. The quantitative estimate of drug-likeness (QED) is 0.677. The van der Waals surface area contributed by atoms with Crippen LogP contribution in [-0.4, -0.2) is 4.98 Å². The Labute approximate surface area is 69.6 Å². The van der Waals surface area contributed by atoms with Crippen molar-refractivity contribution in [3.63, 3.8) is 0 Å². The van der Waals surface area contributed by atoms with Crippen molar-refractivity contribution < 1.29 is 0 Å². The summed E-state index contributed by atoms with van der Waals surface area (Å²) in [7, 11) is 0. The maximum Gasteiger partial charge on any atom is 0.187 e. The number of hydrogen-bond acceptors (Lipinski definition) is 3. The highest BCUT2D eigenvalue weighted by Gasteiger charge is 2.08. The van der Waals surface area contributed by atoms with Gasteiger partial charge in [0.15, 0.2) is 5.43 Å². The number of rotatable bonds is 2. The fourth-order valence-corrected chi connectivity index (χ4v) is 0.968. The van der Waals surface area contributed by atoms with E-state index in [1.165, 1.54) is 12.3 Å². The van der Waals surface area contributed by atoms with E-state index in [0.29, 0.717) is 5.56 Å². The lowest BCUT2D eigenvalue weighted by Gasteiger charge is -2.01. The summed E-state index contributed by atoms with van der Waals surface area (Å²) in [6, 6.07) is 0.881. The molecule has 0 spiro atoms. The standard InChI is InChI=1S/C8H10N2O2/c1-5-3-8(11)7(4-9-5)6(2)10-12/h3-4,6H,1-2H3,(H,9,11). The summed E-state index contributed by atoms with van der Waals surface area (Å²) in [4.78, 5) is 24.2. The molecule has 1 rings (SSSR count). The molecule has 4 heteroatoms. The fourth-order valence-electron chi connectivity index (χ4n) is 0.968. The molecule has 64 valence electrons. The summed E-state index contributed by atoms with van der Waals surface area (Å²) >= 11 is 0. The first-order chi connectivity index (χ1) is 5.65. The maximum absolute atomic E-state index is 11.2. The number of nitrogens with zero attached hydrogens (tertiary/aromatic N) is 1. The monoisotopic (exact) mass is 166 g/mol. The molecule has 0 radical (unpaired) electrons. The largest absolute Gasteiger partial charge is 0.365 e. The van der Waals surface area contributed by atoms with Gasteiger partial charge in [0.25, 0.3) is 0 Å². The molecule has 1 heterocycles. The number of aryl methyl sites for hydroxylation is 1. The second-order valence-electron chi connectivity index (χ2n) is 2.72. The van der Waals surface area contributed by atoms with Crippen molar-refractivity contribution in [1.82, 2.24) is 4.98 Å². The molecule has 0 aromatic carbocycles. The molecule has 0 aliphatic heterocycles. The topological polar surface area (TPSA) is 62.3 Å². The summed E-state index contributed by atoms with van der Waals surface area (Å²) in [6.07, 6.45) is 1.53. The van der Waals surface area contributed by atoms with Crippen LogP contribution in [0.5, 0.6) is 0 Å². The molecule has 0 bridgehead atoms.